The van der Waals surface area contributed by atoms with Crippen molar-refractivity contribution < 1.29 is 14.2 Å². The average Bonchev–Trinajstić information content (AvgIpc) is 2.17. The van der Waals surface area contributed by atoms with Crippen LogP contribution in [0.15, 0.2) is 24.3 Å². The second kappa shape index (κ2) is 7.08. The molecule has 0 spiro atoms. The fraction of sp³-hybridized carbons (Fsp3) is 0.333. The Morgan fingerprint density at radius 2 is 2.00 bits per heavy atom. The fourth-order valence-corrected chi connectivity index (χ4v) is 0.768. The molecule has 0 aromatic heterocycles. The van der Waals surface area contributed by atoms with E-state index in [1.54, 1.807) is 24.6 Å². The van der Waals surface area contributed by atoms with Gasteiger partial charge in [-0.25, -0.2) is 0 Å². The van der Waals surface area contributed by atoms with Crippen LogP contribution < -0.4 is 0 Å². The van der Waals surface area contributed by atoms with Gasteiger partial charge in [-0.05, 0) is 5.56 Å². The first kappa shape index (κ1) is 13.7. The molecule has 0 radical (unpaired) electrons. The summed E-state index contributed by atoms with van der Waals surface area (Å²) in [5.41, 5.74) is 0.566. The molecule has 0 aliphatic carbocycles. The number of nitrogens with zero attached hydrogens (tertiary/aromatic N) is 1. The van der Waals surface area contributed by atoms with Crippen LogP contribution in [0, 0.1) is 10.1 Å². The highest BCUT2D eigenvalue weighted by atomic mass is 32.2. The van der Waals surface area contributed by atoms with Gasteiger partial charge in [0.05, 0.1) is 11.5 Å². The molecule has 0 saturated heterocycles. The van der Waals surface area contributed by atoms with E-state index < -0.39 is 15.7 Å². The summed E-state index contributed by atoms with van der Waals surface area (Å²) in [6.45, 7) is -0.165. The monoisotopic (exact) mass is 231 g/mol. The van der Waals surface area contributed by atoms with Gasteiger partial charge in [0, 0.05) is 35.4 Å². The van der Waals surface area contributed by atoms with E-state index in [0.29, 0.717) is 5.56 Å². The Bertz CT molecular complexity index is 350. The Hall–Kier alpha value is -1.27. The summed E-state index contributed by atoms with van der Waals surface area (Å²) >= 11 is 0. The standard InChI is InChI=1S/C7H7NO3.C2H6OS/c9-5-6-2-1-3-7(4-6)8(10)11;1-4(2)3/h1-4,9H,5H2;1-2H3. The normalized spacial score (nSPS) is 9.33. The Morgan fingerprint density at radius 3 is 2.40 bits per heavy atom. The molecule has 15 heavy (non-hydrogen) atoms. The number of aliphatic hydroxyl groups excluding tert-OH is 1. The van der Waals surface area contributed by atoms with Crippen molar-refractivity contribution in [3.8, 4) is 0 Å². The van der Waals surface area contributed by atoms with Crippen molar-refractivity contribution in [2.75, 3.05) is 12.5 Å². The molecule has 1 aromatic rings. The van der Waals surface area contributed by atoms with Crippen LogP contribution in [0.3, 0.4) is 0 Å². The second-order valence-electron chi connectivity index (χ2n) is 2.83. The van der Waals surface area contributed by atoms with E-state index in [1.807, 2.05) is 0 Å². The minimum Gasteiger partial charge on any atom is -0.392 e. The van der Waals surface area contributed by atoms with Crippen LogP contribution in [0.4, 0.5) is 5.69 Å². The predicted molar refractivity (Wildman–Crippen MR) is 59.0 cm³/mol. The molecule has 0 aliphatic heterocycles. The number of aliphatic hydroxyl groups is 1. The molecule has 1 rings (SSSR count). The van der Waals surface area contributed by atoms with E-state index in [0.717, 1.165) is 0 Å². The summed E-state index contributed by atoms with van der Waals surface area (Å²) in [5.74, 6) is 0. The van der Waals surface area contributed by atoms with Gasteiger partial charge in [-0.3, -0.25) is 14.3 Å². The number of hydrogen-bond acceptors (Lipinski definition) is 4. The van der Waals surface area contributed by atoms with Crippen molar-refractivity contribution in [2.45, 2.75) is 6.61 Å². The third kappa shape index (κ3) is 6.75. The topological polar surface area (TPSA) is 80.4 Å². The SMILES string of the molecule is CS(C)=O.O=[N+]([O-])c1cccc(CO)c1. The van der Waals surface area contributed by atoms with E-state index in [1.165, 1.54) is 12.1 Å². The Labute approximate surface area is 90.4 Å². The van der Waals surface area contributed by atoms with Crippen LogP contribution in [0.1, 0.15) is 5.56 Å². The van der Waals surface area contributed by atoms with Gasteiger partial charge in [-0.1, -0.05) is 12.1 Å². The summed E-state index contributed by atoms with van der Waals surface area (Å²) in [6, 6.07) is 5.91. The highest BCUT2D eigenvalue weighted by Gasteiger charge is 2.03. The van der Waals surface area contributed by atoms with E-state index in [9.17, 15) is 14.3 Å². The highest BCUT2D eigenvalue weighted by molar-refractivity contribution is 7.83. The zero-order valence-corrected chi connectivity index (χ0v) is 9.36. The van der Waals surface area contributed by atoms with Crippen LogP contribution in [-0.4, -0.2) is 26.8 Å². The second-order valence-corrected chi connectivity index (χ2v) is 4.31. The Balaban J connectivity index is 0.000000423. The minimum atomic E-state index is -0.611. The van der Waals surface area contributed by atoms with Gasteiger partial charge in [0.15, 0.2) is 0 Å². The number of benzene rings is 1. The zero-order chi connectivity index (χ0) is 11.8. The quantitative estimate of drug-likeness (QED) is 0.610. The average molecular weight is 231 g/mol. The van der Waals surface area contributed by atoms with Gasteiger partial charge in [0.1, 0.15) is 0 Å². The zero-order valence-electron chi connectivity index (χ0n) is 8.54. The third-order valence-corrected chi connectivity index (χ3v) is 1.30. The van der Waals surface area contributed by atoms with E-state index in [-0.39, 0.29) is 12.3 Å². The summed E-state index contributed by atoms with van der Waals surface area (Å²) in [4.78, 5) is 9.71. The van der Waals surface area contributed by atoms with Crippen LogP contribution in [0.5, 0.6) is 0 Å². The number of hydrogen-bond donors (Lipinski definition) is 1. The summed E-state index contributed by atoms with van der Waals surface area (Å²) < 4.78 is 9.56. The fourth-order valence-electron chi connectivity index (χ4n) is 0.768. The largest absolute Gasteiger partial charge is 0.392 e. The molecule has 0 saturated carbocycles. The molecule has 0 bridgehead atoms. The molecule has 84 valence electrons. The van der Waals surface area contributed by atoms with Crippen molar-refractivity contribution in [3.05, 3.63) is 39.9 Å². The first-order valence-electron chi connectivity index (χ1n) is 4.06. The van der Waals surface area contributed by atoms with Crippen LogP contribution in [0.25, 0.3) is 0 Å². The Kier molecular flexibility index (Phi) is 6.48. The first-order chi connectivity index (χ1) is 6.97. The lowest BCUT2D eigenvalue weighted by atomic mass is 10.2. The van der Waals surface area contributed by atoms with Gasteiger partial charge in [0.2, 0.25) is 0 Å². The molecule has 0 fully saturated rings. The molecule has 1 aromatic carbocycles. The van der Waals surface area contributed by atoms with Crippen LogP contribution >= 0.6 is 0 Å². The predicted octanol–water partition coefficient (Wildman–Crippen LogP) is 1.08. The molecule has 0 atom stereocenters. The molecular formula is C9H13NO4S. The number of non-ortho nitro benzene ring substituents is 1. The van der Waals surface area contributed by atoms with Gasteiger partial charge in [-0.2, -0.15) is 0 Å². The number of rotatable bonds is 2. The maximum Gasteiger partial charge on any atom is 0.269 e. The minimum absolute atomic E-state index is 0.0107. The molecule has 6 heteroatoms. The van der Waals surface area contributed by atoms with E-state index in [2.05, 4.69) is 0 Å². The maximum absolute atomic E-state index is 10.2. The highest BCUT2D eigenvalue weighted by Crippen LogP contribution is 2.12. The summed E-state index contributed by atoms with van der Waals surface area (Å²) in [6.07, 6.45) is 3.28. The van der Waals surface area contributed by atoms with Crippen molar-refractivity contribution >= 4 is 16.5 Å². The molecule has 0 aliphatic rings. The smallest absolute Gasteiger partial charge is 0.269 e. The van der Waals surface area contributed by atoms with Crippen molar-refractivity contribution in [1.82, 2.24) is 0 Å². The lowest BCUT2D eigenvalue weighted by Gasteiger charge is -1.93. The van der Waals surface area contributed by atoms with Gasteiger partial charge in [0.25, 0.3) is 5.69 Å². The Morgan fingerprint density at radius 1 is 1.47 bits per heavy atom. The van der Waals surface area contributed by atoms with E-state index >= 15 is 0 Å². The molecule has 0 heterocycles. The van der Waals surface area contributed by atoms with Gasteiger partial charge in [-0.15, -0.1) is 0 Å². The molecule has 0 unspecified atom stereocenters. The van der Waals surface area contributed by atoms with Crippen LogP contribution in [0.2, 0.25) is 0 Å². The van der Waals surface area contributed by atoms with Gasteiger partial charge >= 0.3 is 0 Å². The summed E-state index contributed by atoms with van der Waals surface area (Å²) in [7, 11) is -0.611. The van der Waals surface area contributed by atoms with E-state index in [4.69, 9.17) is 5.11 Å². The van der Waals surface area contributed by atoms with Crippen LogP contribution in [-0.2, 0) is 17.4 Å². The van der Waals surface area contributed by atoms with Crippen molar-refractivity contribution in [1.29, 1.82) is 0 Å². The number of nitro benzene ring substituents is 1. The lowest BCUT2D eigenvalue weighted by Crippen LogP contribution is -1.89. The maximum atomic E-state index is 10.2. The van der Waals surface area contributed by atoms with Crippen molar-refractivity contribution in [2.24, 2.45) is 0 Å². The lowest BCUT2D eigenvalue weighted by molar-refractivity contribution is -0.384. The molecule has 0 amide bonds. The number of nitro groups is 1. The summed E-state index contributed by atoms with van der Waals surface area (Å²) in [5, 5.41) is 18.8. The molecular weight excluding hydrogens is 218 g/mol. The molecule has 1 N–H and O–H groups in total. The third-order valence-electron chi connectivity index (χ3n) is 1.30. The van der Waals surface area contributed by atoms with Crippen molar-refractivity contribution in [3.63, 3.8) is 0 Å². The first-order valence-corrected chi connectivity index (χ1v) is 6.03. The van der Waals surface area contributed by atoms with Gasteiger partial charge < -0.3 is 5.11 Å². The molecule has 5 nitrogen and oxygen atoms in total.